The summed E-state index contributed by atoms with van der Waals surface area (Å²) in [4.78, 5) is 27.2. The number of carbonyl (C=O) groups excluding carboxylic acids is 1. The van der Waals surface area contributed by atoms with Gasteiger partial charge in [0, 0.05) is 11.6 Å². The summed E-state index contributed by atoms with van der Waals surface area (Å²) in [6, 6.07) is 12.0. The number of hydrogen-bond donors (Lipinski definition) is 3. The summed E-state index contributed by atoms with van der Waals surface area (Å²) in [6.45, 7) is 0. The Kier molecular flexibility index (Phi) is 3.72. The highest BCUT2D eigenvalue weighted by Gasteiger charge is 2.17. The Bertz CT molecular complexity index is 1020. The van der Waals surface area contributed by atoms with Gasteiger partial charge in [0.15, 0.2) is 5.58 Å². The summed E-state index contributed by atoms with van der Waals surface area (Å²) in [7, 11) is -4.00. The molecule has 3 rings (SSSR count). The summed E-state index contributed by atoms with van der Waals surface area (Å²) in [5.74, 6) is -1.27. The first kappa shape index (κ1) is 15.0. The number of fused-ring (bicyclic) bond motifs is 1. The van der Waals surface area contributed by atoms with Crippen molar-refractivity contribution >= 4 is 27.0 Å². The van der Waals surface area contributed by atoms with Crippen LogP contribution in [0.3, 0.4) is 0 Å². The van der Waals surface area contributed by atoms with Crippen LogP contribution in [0.1, 0.15) is 10.4 Å². The van der Waals surface area contributed by atoms with Gasteiger partial charge in [-0.1, -0.05) is 18.2 Å². The van der Waals surface area contributed by atoms with Gasteiger partial charge in [-0.05, 0) is 24.3 Å². The number of carbonyl (C=O) groups is 1. The van der Waals surface area contributed by atoms with Crippen LogP contribution in [0.25, 0.3) is 11.1 Å². The molecule has 0 saturated heterocycles. The fraction of sp³-hybridized carbons (Fsp3) is 0. The van der Waals surface area contributed by atoms with Crippen molar-refractivity contribution in [3.8, 4) is 0 Å². The summed E-state index contributed by atoms with van der Waals surface area (Å²) in [6.07, 6.45) is 0. The van der Waals surface area contributed by atoms with Gasteiger partial charge in [0.05, 0.1) is 10.4 Å². The lowest BCUT2D eigenvalue weighted by atomic mass is 10.2. The van der Waals surface area contributed by atoms with E-state index in [2.05, 4.69) is 10.4 Å². The maximum Gasteiger partial charge on any atom is 0.417 e. The summed E-state index contributed by atoms with van der Waals surface area (Å²) in [5.41, 5.74) is 2.90. The highest BCUT2D eigenvalue weighted by Crippen LogP contribution is 2.16. The molecule has 0 fully saturated rings. The molecular formula is C14H11N3O5S. The first-order chi connectivity index (χ1) is 11.0. The second-order valence-electron chi connectivity index (χ2n) is 4.60. The van der Waals surface area contributed by atoms with Crippen LogP contribution in [0.15, 0.2) is 62.6 Å². The standard InChI is InChI=1S/C14H11N3O5S/c18-13(9-4-2-1-3-5-9)16-17-23(20,21)10-6-7-11-12(8-10)22-14(19)15-11/h1-8,17H,(H,15,19)(H,16,18). The first-order valence-electron chi connectivity index (χ1n) is 6.46. The molecule has 0 radical (unpaired) electrons. The van der Waals surface area contributed by atoms with E-state index in [1.807, 2.05) is 4.83 Å². The zero-order valence-electron chi connectivity index (χ0n) is 11.6. The lowest BCUT2D eigenvalue weighted by Crippen LogP contribution is -2.41. The van der Waals surface area contributed by atoms with Crippen LogP contribution in [-0.4, -0.2) is 19.3 Å². The predicted octanol–water partition coefficient (Wildman–Crippen LogP) is 0.744. The Morgan fingerprint density at radius 2 is 1.83 bits per heavy atom. The van der Waals surface area contributed by atoms with Crippen molar-refractivity contribution in [1.29, 1.82) is 0 Å². The molecule has 0 spiro atoms. The number of benzene rings is 2. The predicted molar refractivity (Wildman–Crippen MR) is 81.1 cm³/mol. The third kappa shape index (κ3) is 3.15. The molecule has 3 N–H and O–H groups in total. The largest absolute Gasteiger partial charge is 0.417 e. The lowest BCUT2D eigenvalue weighted by molar-refractivity contribution is 0.0945. The minimum Gasteiger partial charge on any atom is -0.408 e. The van der Waals surface area contributed by atoms with Gasteiger partial charge in [-0.3, -0.25) is 15.2 Å². The maximum atomic E-state index is 12.2. The van der Waals surface area contributed by atoms with Gasteiger partial charge in [0.25, 0.3) is 15.9 Å². The van der Waals surface area contributed by atoms with E-state index >= 15 is 0 Å². The Labute approximate surface area is 130 Å². The molecule has 8 nitrogen and oxygen atoms in total. The van der Waals surface area contributed by atoms with E-state index in [9.17, 15) is 18.0 Å². The molecule has 23 heavy (non-hydrogen) atoms. The molecule has 1 amide bonds. The molecule has 0 aliphatic rings. The van der Waals surface area contributed by atoms with Crippen LogP contribution in [-0.2, 0) is 10.0 Å². The van der Waals surface area contributed by atoms with Crippen LogP contribution in [0, 0.1) is 0 Å². The minimum absolute atomic E-state index is 0.104. The number of hydrazine groups is 1. The van der Waals surface area contributed by atoms with Crippen LogP contribution in [0.5, 0.6) is 0 Å². The maximum absolute atomic E-state index is 12.2. The second kappa shape index (κ2) is 5.71. The van der Waals surface area contributed by atoms with E-state index in [0.717, 1.165) is 0 Å². The third-order valence-corrected chi connectivity index (χ3v) is 4.28. The van der Waals surface area contributed by atoms with Crippen molar-refractivity contribution in [1.82, 2.24) is 15.2 Å². The van der Waals surface area contributed by atoms with E-state index in [1.54, 1.807) is 30.3 Å². The highest BCUT2D eigenvalue weighted by molar-refractivity contribution is 7.89. The van der Waals surface area contributed by atoms with Crippen molar-refractivity contribution in [2.24, 2.45) is 0 Å². The van der Waals surface area contributed by atoms with Crippen molar-refractivity contribution < 1.29 is 17.6 Å². The summed E-state index contributed by atoms with van der Waals surface area (Å²) < 4.78 is 29.1. The fourth-order valence-corrected chi connectivity index (χ4v) is 2.78. The van der Waals surface area contributed by atoms with Crippen molar-refractivity contribution in [3.05, 3.63) is 64.6 Å². The first-order valence-corrected chi connectivity index (χ1v) is 7.94. The van der Waals surface area contributed by atoms with Crippen molar-refractivity contribution in [3.63, 3.8) is 0 Å². The van der Waals surface area contributed by atoms with E-state index in [0.29, 0.717) is 11.1 Å². The van der Waals surface area contributed by atoms with Gasteiger partial charge in [-0.2, -0.15) is 0 Å². The van der Waals surface area contributed by atoms with Crippen LogP contribution >= 0.6 is 0 Å². The Morgan fingerprint density at radius 1 is 1.09 bits per heavy atom. The average molecular weight is 333 g/mol. The van der Waals surface area contributed by atoms with Crippen LogP contribution < -0.4 is 16.0 Å². The van der Waals surface area contributed by atoms with Crippen molar-refractivity contribution in [2.75, 3.05) is 0 Å². The molecule has 3 aromatic rings. The Hall–Kier alpha value is -2.91. The minimum atomic E-state index is -4.00. The fourth-order valence-electron chi connectivity index (χ4n) is 1.93. The number of hydrogen-bond acceptors (Lipinski definition) is 5. The number of aromatic nitrogens is 1. The quantitative estimate of drug-likeness (QED) is 0.608. The highest BCUT2D eigenvalue weighted by atomic mass is 32.2. The third-order valence-electron chi connectivity index (χ3n) is 3.04. The van der Waals surface area contributed by atoms with Gasteiger partial charge >= 0.3 is 5.76 Å². The van der Waals surface area contributed by atoms with E-state index < -0.39 is 21.7 Å². The van der Waals surface area contributed by atoms with Crippen molar-refractivity contribution in [2.45, 2.75) is 4.90 Å². The molecule has 0 atom stereocenters. The van der Waals surface area contributed by atoms with E-state index in [4.69, 9.17) is 4.42 Å². The van der Waals surface area contributed by atoms with Crippen LogP contribution in [0.4, 0.5) is 0 Å². The zero-order valence-corrected chi connectivity index (χ0v) is 12.4. The lowest BCUT2D eigenvalue weighted by Gasteiger charge is -2.08. The number of amides is 1. The van der Waals surface area contributed by atoms with E-state index in [-0.39, 0.29) is 10.5 Å². The number of nitrogens with one attached hydrogen (secondary N) is 3. The molecule has 1 aromatic heterocycles. The zero-order chi connectivity index (χ0) is 16.4. The summed E-state index contributed by atoms with van der Waals surface area (Å²) in [5, 5.41) is 0. The number of aromatic amines is 1. The molecule has 0 saturated carbocycles. The average Bonchev–Trinajstić information content (AvgIpc) is 2.92. The van der Waals surface area contributed by atoms with Gasteiger partial charge < -0.3 is 4.42 Å². The number of sulfonamides is 1. The molecule has 0 aliphatic heterocycles. The second-order valence-corrected chi connectivity index (χ2v) is 6.28. The Morgan fingerprint density at radius 3 is 2.57 bits per heavy atom. The Balaban J connectivity index is 1.80. The van der Waals surface area contributed by atoms with E-state index in [1.165, 1.54) is 18.2 Å². The van der Waals surface area contributed by atoms with Gasteiger partial charge in [-0.15, -0.1) is 4.83 Å². The monoisotopic (exact) mass is 333 g/mol. The molecule has 118 valence electrons. The SMILES string of the molecule is O=C(NNS(=O)(=O)c1ccc2[nH]c(=O)oc2c1)c1ccccc1. The smallest absolute Gasteiger partial charge is 0.408 e. The number of H-pyrrole nitrogens is 1. The molecule has 1 heterocycles. The molecule has 0 bridgehead atoms. The number of rotatable bonds is 4. The molecular weight excluding hydrogens is 322 g/mol. The van der Waals surface area contributed by atoms with Crippen LogP contribution in [0.2, 0.25) is 0 Å². The molecule has 0 unspecified atom stereocenters. The molecule has 2 aromatic carbocycles. The molecule has 9 heteroatoms. The number of oxazole rings is 1. The van der Waals surface area contributed by atoms with Gasteiger partial charge in [0.1, 0.15) is 0 Å². The van der Waals surface area contributed by atoms with Gasteiger partial charge in [0.2, 0.25) is 0 Å². The molecule has 0 aliphatic carbocycles. The summed E-state index contributed by atoms with van der Waals surface area (Å²) >= 11 is 0. The normalized spacial score (nSPS) is 11.5. The van der Waals surface area contributed by atoms with Gasteiger partial charge in [-0.25, -0.2) is 13.2 Å². The topological polar surface area (TPSA) is 121 Å².